The van der Waals surface area contributed by atoms with Gasteiger partial charge in [0.25, 0.3) is 0 Å². The molecule has 1 rings (SSSR count). The van der Waals surface area contributed by atoms with E-state index in [0.717, 1.165) is 0 Å². The Kier molecular flexibility index (Phi) is 6.49. The van der Waals surface area contributed by atoms with Crippen LogP contribution in [0.25, 0.3) is 0 Å². The van der Waals surface area contributed by atoms with Gasteiger partial charge < -0.3 is 0 Å². The van der Waals surface area contributed by atoms with E-state index >= 15 is 0 Å². The molecule has 0 N–H and O–H groups in total. The average molecular weight is 582 g/mol. The molecule has 1 aliphatic rings. The number of halogens is 22. The highest BCUT2D eigenvalue weighted by atomic mass is 19.4. The van der Waals surface area contributed by atoms with Gasteiger partial charge in [-0.15, -0.1) is 0 Å². The third-order valence-electron chi connectivity index (χ3n) is 3.98. The zero-order chi connectivity index (χ0) is 28.9. The summed E-state index contributed by atoms with van der Waals surface area (Å²) >= 11 is 0. The number of ether oxygens (including phenoxy) is 2. The first-order valence-electron chi connectivity index (χ1n) is 7.22. The van der Waals surface area contributed by atoms with Crippen molar-refractivity contribution in [2.75, 3.05) is 0 Å². The molecule has 0 spiro atoms. The minimum atomic E-state index is -9.00. The van der Waals surface area contributed by atoms with E-state index in [1.807, 2.05) is 4.74 Å². The number of hydrogen-bond donors (Lipinski definition) is 0. The van der Waals surface area contributed by atoms with E-state index in [1.165, 1.54) is 0 Å². The molecule has 2 nitrogen and oxygen atoms in total. The second-order valence-electron chi connectivity index (χ2n) is 6.30. The second kappa shape index (κ2) is 7.24. The van der Waals surface area contributed by atoms with Gasteiger partial charge in [0.2, 0.25) is 0 Å². The molecule has 0 saturated carbocycles. The Balaban J connectivity index is 3.89. The maximum absolute atomic E-state index is 13.9. The van der Waals surface area contributed by atoms with E-state index in [9.17, 15) is 96.6 Å². The van der Waals surface area contributed by atoms with Gasteiger partial charge in [0.15, 0.2) is 0 Å². The molecule has 0 bridgehead atoms. The highest BCUT2D eigenvalue weighted by Crippen LogP contribution is 2.72. The topological polar surface area (TPSA) is 21.8 Å². The van der Waals surface area contributed by atoms with Gasteiger partial charge in [-0.05, 0) is 0 Å². The summed E-state index contributed by atoms with van der Waals surface area (Å²) in [5.74, 6) is -58.4. The summed E-state index contributed by atoms with van der Waals surface area (Å²) in [4.78, 5) is 0. The van der Waals surface area contributed by atoms with Crippen molar-refractivity contribution in [3.05, 3.63) is 0 Å². The zero-order valence-electron chi connectivity index (χ0n) is 14.6. The van der Waals surface area contributed by atoms with Gasteiger partial charge >= 0.3 is 65.9 Å². The SMILES string of the molecule is FC(F)(F)C(F)(F)OC1(C(F)(F)C(F)(F)C(F)(F)C(F)(F)C(F)(F)C(F)(F)F)OC1(F)C(F)(F)F. The summed E-state index contributed by atoms with van der Waals surface area (Å²) in [7, 11) is 0. The molecule has 0 amide bonds. The van der Waals surface area contributed by atoms with Crippen LogP contribution in [0.4, 0.5) is 96.6 Å². The highest BCUT2D eigenvalue weighted by molar-refractivity contribution is 5.23. The molecule has 0 aromatic heterocycles. The maximum Gasteiger partial charge on any atom is 0.483 e. The molecule has 2 atom stereocenters. The molecule has 0 aromatic carbocycles. The van der Waals surface area contributed by atoms with Crippen LogP contribution >= 0.6 is 0 Å². The van der Waals surface area contributed by atoms with Gasteiger partial charge in [-0.3, -0.25) is 9.47 Å². The monoisotopic (exact) mass is 582 g/mol. The van der Waals surface area contributed by atoms with Gasteiger partial charge in [0.1, 0.15) is 0 Å². The molecular weight excluding hydrogens is 582 g/mol. The number of epoxide rings is 1. The van der Waals surface area contributed by atoms with E-state index in [2.05, 4.69) is 0 Å². The minimum Gasteiger partial charge on any atom is -0.290 e. The van der Waals surface area contributed by atoms with Crippen LogP contribution in [-0.2, 0) is 9.47 Å². The summed E-state index contributed by atoms with van der Waals surface area (Å²) in [5, 5.41) is 0. The summed E-state index contributed by atoms with van der Waals surface area (Å²) in [6.45, 7) is 0. The summed E-state index contributed by atoms with van der Waals surface area (Å²) < 4.78 is 286. The Bertz CT molecular complexity index is 817. The summed E-state index contributed by atoms with van der Waals surface area (Å²) in [5.41, 5.74) is 0. The molecule has 35 heavy (non-hydrogen) atoms. The van der Waals surface area contributed by atoms with E-state index in [1.54, 1.807) is 4.74 Å². The quantitative estimate of drug-likeness (QED) is 0.242. The lowest BCUT2D eigenvalue weighted by Gasteiger charge is -2.41. The third kappa shape index (κ3) is 3.74. The van der Waals surface area contributed by atoms with Crippen LogP contribution in [0.5, 0.6) is 0 Å². The van der Waals surface area contributed by atoms with Crippen LogP contribution in [0.1, 0.15) is 0 Å². The van der Waals surface area contributed by atoms with Crippen molar-refractivity contribution in [2.45, 2.75) is 65.9 Å². The molecule has 1 aliphatic heterocycles. The minimum absolute atomic E-state index is 1.56. The molecular formula is C11F22O2. The number of alkyl halides is 22. The Morgan fingerprint density at radius 2 is 0.800 bits per heavy atom. The first kappa shape index (κ1) is 31.4. The van der Waals surface area contributed by atoms with Crippen LogP contribution in [0.15, 0.2) is 0 Å². The normalized spacial score (nSPS) is 26.2. The molecule has 24 heteroatoms. The first-order chi connectivity index (χ1) is 14.7. The summed E-state index contributed by atoms with van der Waals surface area (Å²) in [6.07, 6.45) is -30.8. The maximum atomic E-state index is 13.9. The Morgan fingerprint density at radius 1 is 0.457 bits per heavy atom. The predicted molar refractivity (Wildman–Crippen MR) is 56.6 cm³/mol. The van der Waals surface area contributed by atoms with Gasteiger partial charge in [0, 0.05) is 0 Å². The van der Waals surface area contributed by atoms with E-state index < -0.39 is 65.9 Å². The zero-order valence-corrected chi connectivity index (χ0v) is 14.6. The first-order valence-corrected chi connectivity index (χ1v) is 7.22. The Hall–Kier alpha value is -1.62. The van der Waals surface area contributed by atoms with Gasteiger partial charge in [0.05, 0.1) is 0 Å². The fourth-order valence-electron chi connectivity index (χ4n) is 2.05. The van der Waals surface area contributed by atoms with Crippen molar-refractivity contribution in [1.29, 1.82) is 0 Å². The molecule has 0 radical (unpaired) electrons. The molecule has 1 fully saturated rings. The van der Waals surface area contributed by atoms with Crippen LogP contribution in [0.3, 0.4) is 0 Å². The molecule has 2 unspecified atom stereocenters. The standard InChI is InChI=1S/C11F22O2/c12-1(13,3(16,17)5(20,21)8(23,24)25)2(14,15)4(18,19)7(6(22,34-7)9(26,27)28)35-11(32,33)10(29,30)31. The van der Waals surface area contributed by atoms with Gasteiger partial charge in [-0.2, -0.15) is 96.6 Å². The van der Waals surface area contributed by atoms with E-state index in [4.69, 9.17) is 0 Å². The lowest BCUT2D eigenvalue weighted by atomic mass is 9.89. The molecule has 0 aliphatic carbocycles. The van der Waals surface area contributed by atoms with Crippen molar-refractivity contribution in [3.63, 3.8) is 0 Å². The largest absolute Gasteiger partial charge is 0.483 e. The van der Waals surface area contributed by atoms with Crippen LogP contribution in [-0.4, -0.2) is 65.9 Å². The van der Waals surface area contributed by atoms with Gasteiger partial charge in [-0.25, -0.2) is 0 Å². The van der Waals surface area contributed by atoms with Crippen molar-refractivity contribution >= 4 is 0 Å². The molecule has 1 heterocycles. The van der Waals surface area contributed by atoms with Crippen molar-refractivity contribution in [1.82, 2.24) is 0 Å². The Labute approximate surface area is 173 Å². The Morgan fingerprint density at radius 3 is 1.06 bits per heavy atom. The van der Waals surface area contributed by atoms with Crippen LogP contribution in [0.2, 0.25) is 0 Å². The van der Waals surface area contributed by atoms with E-state index in [-0.39, 0.29) is 0 Å². The molecule has 1 saturated heterocycles. The highest BCUT2D eigenvalue weighted by Gasteiger charge is 3.04. The van der Waals surface area contributed by atoms with E-state index in [0.29, 0.717) is 0 Å². The van der Waals surface area contributed by atoms with Crippen molar-refractivity contribution in [3.8, 4) is 0 Å². The molecule has 0 aromatic rings. The second-order valence-corrected chi connectivity index (χ2v) is 6.30. The lowest BCUT2D eigenvalue weighted by molar-refractivity contribution is -0.476. The van der Waals surface area contributed by atoms with Crippen molar-refractivity contribution in [2.24, 2.45) is 0 Å². The van der Waals surface area contributed by atoms with Crippen LogP contribution in [0, 0.1) is 0 Å². The van der Waals surface area contributed by atoms with Crippen LogP contribution < -0.4 is 0 Å². The van der Waals surface area contributed by atoms with Gasteiger partial charge in [-0.1, -0.05) is 0 Å². The fourth-order valence-corrected chi connectivity index (χ4v) is 2.05. The third-order valence-corrected chi connectivity index (χ3v) is 3.98. The summed E-state index contributed by atoms with van der Waals surface area (Å²) in [6, 6.07) is 0. The van der Waals surface area contributed by atoms with Crippen molar-refractivity contribution < 1.29 is 106 Å². The lowest BCUT2D eigenvalue weighted by Crippen LogP contribution is -2.73. The fraction of sp³-hybridized carbons (Fsp3) is 1.00. The molecule has 210 valence electrons. The predicted octanol–water partition coefficient (Wildman–Crippen LogP) is 6.85. The smallest absolute Gasteiger partial charge is 0.290 e. The number of hydrogen-bond acceptors (Lipinski definition) is 2. The average Bonchev–Trinajstić information content (AvgIpc) is 3.18. The number of rotatable bonds is 7.